The molecule has 1 aromatic heterocycles. The van der Waals surface area contributed by atoms with Gasteiger partial charge in [0.15, 0.2) is 17.4 Å². The lowest BCUT2D eigenvalue weighted by atomic mass is 9.99. The van der Waals surface area contributed by atoms with Crippen molar-refractivity contribution < 1.29 is 14.0 Å². The molecular weight excluding hydrogens is 220 g/mol. The molecule has 17 heavy (non-hydrogen) atoms. The molecule has 0 aliphatic carbocycles. The molecule has 2 rings (SSSR count). The molecule has 1 aliphatic rings. The molecule has 0 unspecified atom stereocenters. The van der Waals surface area contributed by atoms with Crippen molar-refractivity contribution in [3.63, 3.8) is 0 Å². The summed E-state index contributed by atoms with van der Waals surface area (Å²) in [6, 6.07) is 3.37. The van der Waals surface area contributed by atoms with Crippen LogP contribution in [-0.2, 0) is 4.79 Å². The number of piperazine rings is 1. The standard InChI is InChI=1S/C12H16N2O3/c1-8(15)9-4-5-10(17-9)14-7-6-13-11(16)12(14,2)3/h4-5H,6-7H2,1-3H3,(H,13,16). The Morgan fingerprint density at radius 1 is 1.47 bits per heavy atom. The van der Waals surface area contributed by atoms with Crippen LogP contribution in [0.3, 0.4) is 0 Å². The van der Waals surface area contributed by atoms with Crippen molar-refractivity contribution in [1.82, 2.24) is 5.32 Å². The number of rotatable bonds is 2. The van der Waals surface area contributed by atoms with E-state index in [0.29, 0.717) is 24.7 Å². The van der Waals surface area contributed by atoms with Crippen LogP contribution >= 0.6 is 0 Å². The quantitative estimate of drug-likeness (QED) is 0.784. The van der Waals surface area contributed by atoms with E-state index in [-0.39, 0.29) is 11.7 Å². The van der Waals surface area contributed by atoms with Crippen LogP contribution in [0.15, 0.2) is 16.5 Å². The Hall–Kier alpha value is -1.78. The van der Waals surface area contributed by atoms with Crippen LogP contribution in [0.2, 0.25) is 0 Å². The second kappa shape index (κ2) is 3.91. The number of carbonyl (C=O) groups excluding carboxylic acids is 2. The van der Waals surface area contributed by atoms with E-state index in [0.717, 1.165) is 0 Å². The third-order valence-electron chi connectivity index (χ3n) is 3.06. The Balaban J connectivity index is 2.31. The highest BCUT2D eigenvalue weighted by atomic mass is 16.4. The van der Waals surface area contributed by atoms with Gasteiger partial charge in [-0.05, 0) is 19.9 Å². The molecule has 0 radical (unpaired) electrons. The van der Waals surface area contributed by atoms with E-state index >= 15 is 0 Å². The Morgan fingerprint density at radius 3 is 2.76 bits per heavy atom. The van der Waals surface area contributed by atoms with Gasteiger partial charge in [-0.2, -0.15) is 0 Å². The second-order valence-corrected chi connectivity index (χ2v) is 4.66. The molecule has 2 heterocycles. The SMILES string of the molecule is CC(=O)c1ccc(N2CCNC(=O)C2(C)C)o1. The highest BCUT2D eigenvalue weighted by Crippen LogP contribution is 2.28. The lowest BCUT2D eigenvalue weighted by molar-refractivity contribution is -0.126. The van der Waals surface area contributed by atoms with Crippen molar-refractivity contribution in [3.8, 4) is 0 Å². The van der Waals surface area contributed by atoms with E-state index in [4.69, 9.17) is 4.42 Å². The minimum Gasteiger partial charge on any atom is -0.437 e. The minimum atomic E-state index is -0.663. The summed E-state index contributed by atoms with van der Waals surface area (Å²) in [5.74, 6) is 0.733. The van der Waals surface area contributed by atoms with Gasteiger partial charge in [0.2, 0.25) is 5.91 Å². The number of anilines is 1. The molecule has 5 nitrogen and oxygen atoms in total. The number of carbonyl (C=O) groups is 2. The molecule has 0 aromatic carbocycles. The zero-order chi connectivity index (χ0) is 12.6. The second-order valence-electron chi connectivity index (χ2n) is 4.66. The number of hydrogen-bond acceptors (Lipinski definition) is 4. The smallest absolute Gasteiger partial charge is 0.245 e. The number of ketones is 1. The van der Waals surface area contributed by atoms with Crippen molar-refractivity contribution >= 4 is 17.6 Å². The highest BCUT2D eigenvalue weighted by molar-refractivity contribution is 5.92. The van der Waals surface area contributed by atoms with E-state index in [1.165, 1.54) is 6.92 Å². The summed E-state index contributed by atoms with van der Waals surface area (Å²) in [6.45, 7) is 6.37. The summed E-state index contributed by atoms with van der Waals surface area (Å²) in [4.78, 5) is 24.8. The van der Waals surface area contributed by atoms with Gasteiger partial charge in [-0.15, -0.1) is 0 Å². The predicted octanol–water partition coefficient (Wildman–Crippen LogP) is 1.20. The average Bonchev–Trinajstić information content (AvgIpc) is 2.71. The third-order valence-corrected chi connectivity index (χ3v) is 3.06. The summed E-state index contributed by atoms with van der Waals surface area (Å²) in [7, 11) is 0. The Morgan fingerprint density at radius 2 is 2.18 bits per heavy atom. The molecule has 92 valence electrons. The summed E-state index contributed by atoms with van der Waals surface area (Å²) in [5, 5.41) is 2.81. The molecule has 1 aliphatic heterocycles. The number of furan rings is 1. The first-order chi connectivity index (χ1) is 7.93. The van der Waals surface area contributed by atoms with Crippen LogP contribution in [0.1, 0.15) is 31.3 Å². The van der Waals surface area contributed by atoms with Crippen molar-refractivity contribution in [2.45, 2.75) is 26.3 Å². The molecule has 0 spiro atoms. The number of amides is 1. The molecule has 5 heteroatoms. The maximum atomic E-state index is 11.8. The van der Waals surface area contributed by atoms with Crippen LogP contribution in [0.5, 0.6) is 0 Å². The zero-order valence-corrected chi connectivity index (χ0v) is 10.2. The average molecular weight is 236 g/mol. The van der Waals surface area contributed by atoms with Crippen LogP contribution < -0.4 is 10.2 Å². The molecule has 1 saturated heterocycles. The molecule has 1 N–H and O–H groups in total. The summed E-state index contributed by atoms with van der Waals surface area (Å²) < 4.78 is 5.46. The van der Waals surface area contributed by atoms with Gasteiger partial charge >= 0.3 is 0 Å². The van der Waals surface area contributed by atoms with Gasteiger partial charge in [-0.25, -0.2) is 0 Å². The van der Waals surface area contributed by atoms with E-state index in [1.807, 2.05) is 18.7 Å². The van der Waals surface area contributed by atoms with Gasteiger partial charge in [-0.3, -0.25) is 9.59 Å². The summed E-state index contributed by atoms with van der Waals surface area (Å²) in [6.07, 6.45) is 0. The largest absolute Gasteiger partial charge is 0.437 e. The van der Waals surface area contributed by atoms with E-state index < -0.39 is 5.54 Å². The van der Waals surface area contributed by atoms with Gasteiger partial charge in [0.25, 0.3) is 0 Å². The van der Waals surface area contributed by atoms with Crippen molar-refractivity contribution in [3.05, 3.63) is 17.9 Å². The Bertz CT molecular complexity index is 462. The predicted molar refractivity (Wildman–Crippen MR) is 63.1 cm³/mol. The number of nitrogens with zero attached hydrogens (tertiary/aromatic N) is 1. The van der Waals surface area contributed by atoms with Gasteiger partial charge in [0.1, 0.15) is 5.54 Å². The van der Waals surface area contributed by atoms with Crippen molar-refractivity contribution in [1.29, 1.82) is 0 Å². The van der Waals surface area contributed by atoms with Crippen LogP contribution in [-0.4, -0.2) is 30.3 Å². The molecule has 1 aromatic rings. The molecule has 1 fully saturated rings. The fraction of sp³-hybridized carbons (Fsp3) is 0.500. The number of Topliss-reactive ketones (excluding diaryl/α,β-unsaturated/α-hetero) is 1. The first-order valence-corrected chi connectivity index (χ1v) is 5.59. The van der Waals surface area contributed by atoms with Gasteiger partial charge in [0.05, 0.1) is 0 Å². The van der Waals surface area contributed by atoms with Crippen LogP contribution in [0.4, 0.5) is 5.88 Å². The van der Waals surface area contributed by atoms with Crippen molar-refractivity contribution in [2.24, 2.45) is 0 Å². The molecule has 0 bridgehead atoms. The lowest BCUT2D eigenvalue weighted by Gasteiger charge is -2.40. The molecule has 0 saturated carbocycles. The normalized spacial score (nSPS) is 19.0. The van der Waals surface area contributed by atoms with E-state index in [1.54, 1.807) is 12.1 Å². The first kappa shape index (κ1) is 11.7. The van der Waals surface area contributed by atoms with Gasteiger partial charge in [0, 0.05) is 26.1 Å². The number of hydrogen-bond donors (Lipinski definition) is 1. The summed E-state index contributed by atoms with van der Waals surface area (Å²) >= 11 is 0. The molecule has 0 atom stereocenters. The zero-order valence-electron chi connectivity index (χ0n) is 10.2. The fourth-order valence-corrected chi connectivity index (χ4v) is 1.95. The lowest BCUT2D eigenvalue weighted by Crippen LogP contribution is -2.62. The molecule has 1 amide bonds. The van der Waals surface area contributed by atoms with E-state index in [9.17, 15) is 9.59 Å². The van der Waals surface area contributed by atoms with Gasteiger partial charge < -0.3 is 14.6 Å². The maximum Gasteiger partial charge on any atom is 0.245 e. The van der Waals surface area contributed by atoms with Crippen molar-refractivity contribution in [2.75, 3.05) is 18.0 Å². The summed E-state index contributed by atoms with van der Waals surface area (Å²) in [5.41, 5.74) is -0.663. The van der Waals surface area contributed by atoms with Crippen LogP contribution in [0.25, 0.3) is 0 Å². The fourth-order valence-electron chi connectivity index (χ4n) is 1.95. The monoisotopic (exact) mass is 236 g/mol. The maximum absolute atomic E-state index is 11.8. The Kier molecular flexibility index (Phi) is 2.69. The number of nitrogens with one attached hydrogen (secondary N) is 1. The van der Waals surface area contributed by atoms with Crippen LogP contribution in [0, 0.1) is 0 Å². The minimum absolute atomic E-state index is 0.0375. The van der Waals surface area contributed by atoms with E-state index in [2.05, 4.69) is 5.32 Å². The van der Waals surface area contributed by atoms with Gasteiger partial charge in [-0.1, -0.05) is 0 Å². The Labute approximate surface area is 99.8 Å². The highest BCUT2D eigenvalue weighted by Gasteiger charge is 2.39. The third kappa shape index (κ3) is 1.92. The first-order valence-electron chi connectivity index (χ1n) is 5.59. The topological polar surface area (TPSA) is 62.6 Å². The molecular formula is C12H16N2O3.